The normalized spacial score (nSPS) is 15.7. The van der Waals surface area contributed by atoms with Crippen LogP contribution < -0.4 is 5.32 Å². The van der Waals surface area contributed by atoms with Crippen LogP contribution in [0.15, 0.2) is 41.1 Å². The van der Waals surface area contributed by atoms with Crippen LogP contribution >= 0.6 is 0 Å². The van der Waals surface area contributed by atoms with Crippen molar-refractivity contribution in [2.75, 3.05) is 0 Å². The highest BCUT2D eigenvalue weighted by atomic mass is 16.4. The molecule has 0 bridgehead atoms. The Morgan fingerprint density at radius 1 is 1.15 bits per heavy atom. The van der Waals surface area contributed by atoms with Gasteiger partial charge in [0.15, 0.2) is 5.65 Å². The molecule has 1 unspecified atom stereocenters. The number of pyridine rings is 1. The molecule has 212 valence electrons. The molecule has 1 aliphatic rings. The third-order valence-corrected chi connectivity index (χ3v) is 7.68. The Balaban J connectivity index is 1.31. The van der Waals surface area contributed by atoms with E-state index < -0.39 is 0 Å². The molecule has 4 heterocycles. The first-order valence-corrected chi connectivity index (χ1v) is 14.3. The number of carbonyl (C=O) groups excluding carboxylic acids is 1. The zero-order chi connectivity index (χ0) is 28.9. The highest BCUT2D eigenvalue weighted by molar-refractivity contribution is 5.92. The lowest BCUT2D eigenvalue weighted by atomic mass is 9.94. The van der Waals surface area contributed by atoms with Crippen molar-refractivity contribution < 1.29 is 9.21 Å². The first kappa shape index (κ1) is 26.9. The number of aromatic nitrogens is 7. The molecule has 6 rings (SSSR count). The maximum Gasteiger partial charge on any atom is 0.309 e. The number of nitrogens with zero attached hydrogens (tertiary/aromatic N) is 6. The summed E-state index contributed by atoms with van der Waals surface area (Å²) in [7, 11) is 0. The molecule has 0 radical (unpaired) electrons. The molecule has 2 N–H and O–H groups in total. The van der Waals surface area contributed by atoms with Crippen LogP contribution in [0.4, 0.5) is 0 Å². The van der Waals surface area contributed by atoms with Gasteiger partial charge in [-0.2, -0.15) is 5.10 Å². The van der Waals surface area contributed by atoms with Gasteiger partial charge < -0.3 is 14.7 Å². The molecule has 0 saturated carbocycles. The van der Waals surface area contributed by atoms with Crippen LogP contribution in [0.25, 0.3) is 33.7 Å². The Bertz CT molecular complexity index is 1740. The second-order valence-electron chi connectivity index (χ2n) is 12.2. The van der Waals surface area contributed by atoms with Gasteiger partial charge >= 0.3 is 11.8 Å². The molecular formula is C31H36N8O2. The molecule has 5 aromatic rings. The van der Waals surface area contributed by atoms with E-state index in [1.165, 1.54) is 5.56 Å². The summed E-state index contributed by atoms with van der Waals surface area (Å²) < 4.78 is 7.64. The smallest absolute Gasteiger partial charge is 0.309 e. The van der Waals surface area contributed by atoms with Crippen LogP contribution in [-0.2, 0) is 11.8 Å². The molecule has 4 aromatic heterocycles. The minimum Gasteiger partial charge on any atom is -0.416 e. The van der Waals surface area contributed by atoms with Gasteiger partial charge in [0.1, 0.15) is 5.82 Å². The zero-order valence-corrected chi connectivity index (χ0v) is 24.4. The molecule has 10 nitrogen and oxygen atoms in total. The summed E-state index contributed by atoms with van der Waals surface area (Å²) in [6, 6.07) is 8.65. The second kappa shape index (κ2) is 10.2. The lowest BCUT2D eigenvalue weighted by Gasteiger charge is -2.19. The molecule has 10 heteroatoms. The van der Waals surface area contributed by atoms with Crippen LogP contribution in [0.3, 0.4) is 0 Å². The first-order valence-electron chi connectivity index (χ1n) is 14.3. The number of fused-ring (bicyclic) bond motifs is 2. The molecule has 1 aliphatic carbocycles. The van der Waals surface area contributed by atoms with E-state index in [2.05, 4.69) is 62.6 Å². The summed E-state index contributed by atoms with van der Waals surface area (Å²) in [6.07, 6.45) is 7.70. The quantitative estimate of drug-likeness (QED) is 0.247. The van der Waals surface area contributed by atoms with Crippen molar-refractivity contribution in [3.63, 3.8) is 0 Å². The minimum absolute atomic E-state index is 0.000688. The monoisotopic (exact) mass is 552 g/mol. The molecule has 1 amide bonds. The van der Waals surface area contributed by atoms with Crippen LogP contribution in [0.5, 0.6) is 0 Å². The Kier molecular flexibility index (Phi) is 6.71. The summed E-state index contributed by atoms with van der Waals surface area (Å²) in [6.45, 7) is 12.1. The van der Waals surface area contributed by atoms with Gasteiger partial charge in [0.05, 0.1) is 22.8 Å². The number of hydrogen-bond donors (Lipinski definition) is 2. The van der Waals surface area contributed by atoms with E-state index in [4.69, 9.17) is 9.40 Å². The fourth-order valence-corrected chi connectivity index (χ4v) is 5.39. The highest BCUT2D eigenvalue weighted by Gasteiger charge is 2.27. The van der Waals surface area contributed by atoms with Crippen LogP contribution in [0, 0.1) is 6.92 Å². The van der Waals surface area contributed by atoms with Gasteiger partial charge in [0, 0.05) is 29.4 Å². The number of nitrogens with one attached hydrogen (secondary N) is 2. The largest absolute Gasteiger partial charge is 0.416 e. The fourth-order valence-electron chi connectivity index (χ4n) is 5.39. The summed E-state index contributed by atoms with van der Waals surface area (Å²) >= 11 is 0. The molecule has 0 aliphatic heterocycles. The average molecular weight is 553 g/mol. The van der Waals surface area contributed by atoms with E-state index in [0.29, 0.717) is 11.5 Å². The predicted octanol–water partition coefficient (Wildman–Crippen LogP) is 6.26. The van der Waals surface area contributed by atoms with Crippen LogP contribution in [0.1, 0.15) is 99.4 Å². The van der Waals surface area contributed by atoms with Crippen molar-refractivity contribution in [1.29, 1.82) is 0 Å². The second-order valence-corrected chi connectivity index (χ2v) is 12.2. The number of hydrogen-bond acceptors (Lipinski definition) is 7. The van der Waals surface area contributed by atoms with Crippen molar-refractivity contribution >= 4 is 17.1 Å². The van der Waals surface area contributed by atoms with Crippen LogP contribution in [0.2, 0.25) is 0 Å². The van der Waals surface area contributed by atoms with E-state index in [1.807, 2.05) is 44.6 Å². The van der Waals surface area contributed by atoms with Gasteiger partial charge in [-0.25, -0.2) is 9.97 Å². The topological polar surface area (TPSA) is 127 Å². The standard InChI is InChI=1S/C31H36N8O2/c1-17(2)39-16-23(18(3)38-39)26-34-25-22(13-14-32-27(25)35-26)20-11-12-21-19(15-20)9-7-8-10-24(21)33-28(40)29-36-37-30(41-29)31(4,5)6/h11-17,24H,7-10H2,1-6H3,(H,33,40)(H,32,34,35). The van der Waals surface area contributed by atoms with Gasteiger partial charge in [-0.3, -0.25) is 9.48 Å². The first-order chi connectivity index (χ1) is 19.6. The molecule has 1 aromatic carbocycles. The molecular weight excluding hydrogens is 516 g/mol. The predicted molar refractivity (Wildman–Crippen MR) is 156 cm³/mol. The minimum atomic E-state index is -0.341. The van der Waals surface area contributed by atoms with E-state index in [1.54, 1.807) is 6.20 Å². The van der Waals surface area contributed by atoms with E-state index in [9.17, 15) is 4.79 Å². The number of carbonyl (C=O) groups is 1. The number of aromatic amines is 1. The third-order valence-electron chi connectivity index (χ3n) is 7.68. The highest BCUT2D eigenvalue weighted by Crippen LogP contribution is 2.35. The van der Waals surface area contributed by atoms with Crippen molar-refractivity contribution in [2.45, 2.75) is 84.7 Å². The van der Waals surface area contributed by atoms with Crippen molar-refractivity contribution in [2.24, 2.45) is 0 Å². The number of imidazole rings is 1. The summed E-state index contributed by atoms with van der Waals surface area (Å²) in [5.41, 5.74) is 7.61. The maximum atomic E-state index is 13.1. The van der Waals surface area contributed by atoms with Gasteiger partial charge in [0.25, 0.3) is 0 Å². The Hall–Kier alpha value is -4.34. The SMILES string of the molecule is Cc1nn(C(C)C)cc1-c1nc2nccc(-c3ccc4c(c3)CCCCC4NC(=O)c3nnc(C(C)(C)C)o3)c2[nH]1. The number of amides is 1. The van der Waals surface area contributed by atoms with Crippen molar-refractivity contribution in [1.82, 2.24) is 40.2 Å². The van der Waals surface area contributed by atoms with E-state index in [-0.39, 0.29) is 29.3 Å². The maximum absolute atomic E-state index is 13.1. The lowest BCUT2D eigenvalue weighted by Crippen LogP contribution is -2.29. The Morgan fingerprint density at radius 3 is 2.71 bits per heavy atom. The van der Waals surface area contributed by atoms with Crippen LogP contribution in [-0.4, -0.2) is 40.8 Å². The number of H-pyrrole nitrogens is 1. The molecule has 41 heavy (non-hydrogen) atoms. The molecule has 0 spiro atoms. The zero-order valence-electron chi connectivity index (χ0n) is 24.4. The molecule has 0 fully saturated rings. The van der Waals surface area contributed by atoms with Gasteiger partial charge in [0.2, 0.25) is 5.89 Å². The van der Waals surface area contributed by atoms with Crippen molar-refractivity contribution in [3.05, 3.63) is 65.3 Å². The number of rotatable bonds is 5. The average Bonchev–Trinajstić information content (AvgIpc) is 3.65. The summed E-state index contributed by atoms with van der Waals surface area (Å²) in [5, 5.41) is 15.9. The summed E-state index contributed by atoms with van der Waals surface area (Å²) in [5.74, 6) is 0.869. The summed E-state index contributed by atoms with van der Waals surface area (Å²) in [4.78, 5) is 25.9. The van der Waals surface area contributed by atoms with E-state index in [0.717, 1.165) is 65.0 Å². The molecule has 1 atom stereocenters. The van der Waals surface area contributed by atoms with Gasteiger partial charge in [-0.05, 0) is 62.8 Å². The Labute approximate surface area is 239 Å². The molecule has 0 saturated heterocycles. The Morgan fingerprint density at radius 2 is 1.98 bits per heavy atom. The van der Waals surface area contributed by atoms with E-state index >= 15 is 0 Å². The van der Waals surface area contributed by atoms with Gasteiger partial charge in [-0.15, -0.1) is 10.2 Å². The van der Waals surface area contributed by atoms with Crippen molar-refractivity contribution in [3.8, 4) is 22.5 Å². The van der Waals surface area contributed by atoms with Gasteiger partial charge in [-0.1, -0.05) is 45.4 Å². The lowest BCUT2D eigenvalue weighted by molar-refractivity contribution is 0.0896. The third kappa shape index (κ3) is 5.14. The number of benzene rings is 1. The fraction of sp³-hybridized carbons (Fsp3) is 0.419. The number of aryl methyl sites for hydroxylation is 2.